The van der Waals surface area contributed by atoms with Crippen molar-refractivity contribution in [3.8, 4) is 28.6 Å². The number of carboxylic acids is 1. The summed E-state index contributed by atoms with van der Waals surface area (Å²) in [5.41, 5.74) is 2.84. The summed E-state index contributed by atoms with van der Waals surface area (Å²) in [6.07, 6.45) is 0. The van der Waals surface area contributed by atoms with Crippen molar-refractivity contribution in [3.63, 3.8) is 0 Å². The van der Waals surface area contributed by atoms with Gasteiger partial charge in [0.25, 0.3) is 5.89 Å². The van der Waals surface area contributed by atoms with E-state index >= 15 is 0 Å². The summed E-state index contributed by atoms with van der Waals surface area (Å²) in [5, 5.41) is 12.7. The molecular formula is C20H20N2O4. The number of rotatable bonds is 5. The molecule has 0 aliphatic carbocycles. The van der Waals surface area contributed by atoms with Crippen LogP contribution in [0.15, 0.2) is 53.1 Å². The number of hydrogen-bond donors (Lipinski definition) is 1. The van der Waals surface area contributed by atoms with Crippen LogP contribution in [-0.4, -0.2) is 27.8 Å². The Morgan fingerprint density at radius 3 is 2.50 bits per heavy atom. The number of carbonyl (C=O) groups is 1. The first-order chi connectivity index (χ1) is 12.3. The third-order valence-corrected chi connectivity index (χ3v) is 3.88. The van der Waals surface area contributed by atoms with Crippen molar-refractivity contribution in [2.45, 2.75) is 26.2 Å². The van der Waals surface area contributed by atoms with Gasteiger partial charge in [-0.1, -0.05) is 56.3 Å². The van der Waals surface area contributed by atoms with Gasteiger partial charge < -0.3 is 14.4 Å². The molecule has 2 aromatic carbocycles. The minimum Gasteiger partial charge on any atom is -0.482 e. The molecule has 0 radical (unpaired) electrons. The SMILES string of the molecule is CC(C)(C)c1ccc(-c2noc(-c3cccc(OCC(=O)O)c3)n2)cc1. The Morgan fingerprint density at radius 2 is 1.85 bits per heavy atom. The Bertz CT molecular complexity index is 908. The highest BCUT2D eigenvalue weighted by Crippen LogP contribution is 2.27. The first-order valence-corrected chi connectivity index (χ1v) is 8.22. The predicted octanol–water partition coefficient (Wildman–Crippen LogP) is 4.16. The number of nitrogens with zero attached hydrogens (tertiary/aromatic N) is 2. The maximum Gasteiger partial charge on any atom is 0.341 e. The summed E-state index contributed by atoms with van der Waals surface area (Å²) in [6, 6.07) is 15.0. The Labute approximate surface area is 151 Å². The van der Waals surface area contributed by atoms with Crippen molar-refractivity contribution in [2.75, 3.05) is 6.61 Å². The highest BCUT2D eigenvalue weighted by molar-refractivity contribution is 5.68. The van der Waals surface area contributed by atoms with E-state index < -0.39 is 12.6 Å². The van der Waals surface area contributed by atoms with Crippen molar-refractivity contribution in [1.29, 1.82) is 0 Å². The predicted molar refractivity (Wildman–Crippen MR) is 97.0 cm³/mol. The second-order valence-electron chi connectivity index (χ2n) is 6.96. The Hall–Kier alpha value is -3.15. The fourth-order valence-electron chi connectivity index (χ4n) is 2.44. The van der Waals surface area contributed by atoms with E-state index in [4.69, 9.17) is 14.4 Å². The minimum absolute atomic E-state index is 0.0807. The molecule has 0 saturated heterocycles. The summed E-state index contributed by atoms with van der Waals surface area (Å²) >= 11 is 0. The Balaban J connectivity index is 1.82. The van der Waals surface area contributed by atoms with Crippen LogP contribution in [0.4, 0.5) is 0 Å². The van der Waals surface area contributed by atoms with Gasteiger partial charge >= 0.3 is 5.97 Å². The molecule has 134 valence electrons. The lowest BCUT2D eigenvalue weighted by molar-refractivity contribution is -0.139. The van der Waals surface area contributed by atoms with Crippen LogP contribution in [0, 0.1) is 0 Å². The van der Waals surface area contributed by atoms with Crippen molar-refractivity contribution in [3.05, 3.63) is 54.1 Å². The number of carboxylic acid groups (broad SMARTS) is 1. The van der Waals surface area contributed by atoms with Crippen LogP contribution in [-0.2, 0) is 10.2 Å². The summed E-state index contributed by atoms with van der Waals surface area (Å²) in [4.78, 5) is 15.0. The largest absolute Gasteiger partial charge is 0.482 e. The zero-order valence-corrected chi connectivity index (χ0v) is 14.9. The van der Waals surface area contributed by atoms with Gasteiger partial charge in [-0.05, 0) is 29.2 Å². The van der Waals surface area contributed by atoms with Crippen LogP contribution in [0.3, 0.4) is 0 Å². The maximum absolute atomic E-state index is 10.6. The van der Waals surface area contributed by atoms with E-state index in [1.807, 2.05) is 12.1 Å². The molecule has 6 heteroatoms. The van der Waals surface area contributed by atoms with Gasteiger partial charge in [0.1, 0.15) is 5.75 Å². The molecule has 0 aliphatic rings. The molecule has 0 spiro atoms. The van der Waals surface area contributed by atoms with Gasteiger partial charge in [-0.15, -0.1) is 0 Å². The molecule has 0 amide bonds. The van der Waals surface area contributed by atoms with Crippen LogP contribution in [0.2, 0.25) is 0 Å². The Morgan fingerprint density at radius 1 is 1.12 bits per heavy atom. The van der Waals surface area contributed by atoms with E-state index in [9.17, 15) is 4.79 Å². The third kappa shape index (κ3) is 4.08. The minimum atomic E-state index is -1.03. The number of aliphatic carboxylic acids is 1. The first-order valence-electron chi connectivity index (χ1n) is 8.22. The summed E-state index contributed by atoms with van der Waals surface area (Å²) < 4.78 is 10.5. The maximum atomic E-state index is 10.6. The van der Waals surface area contributed by atoms with Gasteiger partial charge in [0.2, 0.25) is 5.82 Å². The highest BCUT2D eigenvalue weighted by Gasteiger charge is 2.15. The van der Waals surface area contributed by atoms with E-state index in [-0.39, 0.29) is 5.41 Å². The molecule has 0 bridgehead atoms. The quantitative estimate of drug-likeness (QED) is 0.742. The van der Waals surface area contributed by atoms with Crippen molar-refractivity contribution < 1.29 is 19.2 Å². The number of ether oxygens (including phenoxy) is 1. The van der Waals surface area contributed by atoms with Gasteiger partial charge in [0, 0.05) is 11.1 Å². The normalized spacial score (nSPS) is 11.3. The molecule has 0 atom stereocenters. The van der Waals surface area contributed by atoms with Crippen molar-refractivity contribution in [2.24, 2.45) is 0 Å². The number of aromatic nitrogens is 2. The topological polar surface area (TPSA) is 85.5 Å². The zero-order valence-electron chi connectivity index (χ0n) is 14.9. The van der Waals surface area contributed by atoms with Crippen LogP contribution in [0.5, 0.6) is 5.75 Å². The second kappa shape index (κ2) is 7.00. The van der Waals surface area contributed by atoms with E-state index in [2.05, 4.69) is 43.0 Å². The fourth-order valence-corrected chi connectivity index (χ4v) is 2.44. The molecule has 3 aromatic rings. The highest BCUT2D eigenvalue weighted by atomic mass is 16.5. The molecule has 1 heterocycles. The van der Waals surface area contributed by atoms with Gasteiger partial charge in [-0.25, -0.2) is 4.79 Å². The van der Waals surface area contributed by atoms with Crippen LogP contribution < -0.4 is 4.74 Å². The molecule has 1 N–H and O–H groups in total. The molecule has 1 aromatic heterocycles. The number of benzene rings is 2. The molecule has 0 aliphatic heterocycles. The Kier molecular flexibility index (Phi) is 4.75. The smallest absolute Gasteiger partial charge is 0.341 e. The monoisotopic (exact) mass is 352 g/mol. The fraction of sp³-hybridized carbons (Fsp3) is 0.250. The molecule has 0 fully saturated rings. The standard InChI is InChI=1S/C20H20N2O4/c1-20(2,3)15-9-7-13(8-10-15)18-21-19(26-22-18)14-5-4-6-16(11-14)25-12-17(23)24/h4-11H,12H2,1-3H3,(H,23,24). The molecule has 3 rings (SSSR count). The lowest BCUT2D eigenvalue weighted by Gasteiger charge is -2.18. The zero-order chi connectivity index (χ0) is 18.7. The number of hydrogen-bond acceptors (Lipinski definition) is 5. The van der Waals surface area contributed by atoms with Crippen LogP contribution in [0.25, 0.3) is 22.8 Å². The second-order valence-corrected chi connectivity index (χ2v) is 6.96. The first kappa shape index (κ1) is 17.7. The van der Waals surface area contributed by atoms with Crippen molar-refractivity contribution in [1.82, 2.24) is 10.1 Å². The average Bonchev–Trinajstić information content (AvgIpc) is 3.10. The lowest BCUT2D eigenvalue weighted by Crippen LogP contribution is -2.10. The van der Waals surface area contributed by atoms with Crippen LogP contribution >= 0.6 is 0 Å². The summed E-state index contributed by atoms with van der Waals surface area (Å²) in [6.45, 7) is 6.08. The van der Waals surface area contributed by atoms with E-state index in [0.29, 0.717) is 23.0 Å². The van der Waals surface area contributed by atoms with Crippen LogP contribution in [0.1, 0.15) is 26.3 Å². The van der Waals surface area contributed by atoms with Gasteiger partial charge in [0.05, 0.1) is 0 Å². The van der Waals surface area contributed by atoms with Gasteiger partial charge in [-0.3, -0.25) is 0 Å². The molecule has 0 saturated carbocycles. The average molecular weight is 352 g/mol. The summed E-state index contributed by atoms with van der Waals surface area (Å²) in [7, 11) is 0. The lowest BCUT2D eigenvalue weighted by atomic mass is 9.87. The van der Waals surface area contributed by atoms with Gasteiger partial charge in [0.15, 0.2) is 6.61 Å². The molecule has 6 nitrogen and oxygen atoms in total. The van der Waals surface area contributed by atoms with Gasteiger partial charge in [-0.2, -0.15) is 4.98 Å². The van der Waals surface area contributed by atoms with E-state index in [1.165, 1.54) is 5.56 Å². The van der Waals surface area contributed by atoms with E-state index in [1.54, 1.807) is 24.3 Å². The molecular weight excluding hydrogens is 332 g/mol. The third-order valence-electron chi connectivity index (χ3n) is 3.88. The molecule has 26 heavy (non-hydrogen) atoms. The van der Waals surface area contributed by atoms with E-state index in [0.717, 1.165) is 5.56 Å². The summed E-state index contributed by atoms with van der Waals surface area (Å²) in [5.74, 6) is 0.242. The molecule has 0 unspecified atom stereocenters. The van der Waals surface area contributed by atoms with Crippen molar-refractivity contribution >= 4 is 5.97 Å².